The van der Waals surface area contributed by atoms with E-state index in [9.17, 15) is 0 Å². The van der Waals surface area contributed by atoms with Crippen molar-refractivity contribution in [1.29, 1.82) is 0 Å². The molecule has 0 unspecified atom stereocenters. The molecule has 0 amide bonds. The van der Waals surface area contributed by atoms with Gasteiger partial charge in [0, 0.05) is 17.4 Å². The Hall–Kier alpha value is -2.03. The van der Waals surface area contributed by atoms with Crippen LogP contribution in [0.5, 0.6) is 5.75 Å². The Bertz CT molecular complexity index is 509. The molecular weight excluding hydrogens is 200 g/mol. The van der Waals surface area contributed by atoms with Crippen LogP contribution in [0.3, 0.4) is 0 Å². The molecule has 2 rings (SSSR count). The Kier molecular flexibility index (Phi) is 2.77. The van der Waals surface area contributed by atoms with Crippen LogP contribution in [0, 0.1) is 6.92 Å². The zero-order valence-corrected chi connectivity index (χ0v) is 9.40. The summed E-state index contributed by atoms with van der Waals surface area (Å²) in [7, 11) is 1.64. The quantitative estimate of drug-likeness (QED) is 0.782. The largest absolute Gasteiger partial charge is 0.494 e. The molecule has 0 atom stereocenters. The summed E-state index contributed by atoms with van der Waals surface area (Å²) in [6, 6.07) is 9.53. The van der Waals surface area contributed by atoms with Crippen LogP contribution in [0.4, 0.5) is 5.69 Å². The van der Waals surface area contributed by atoms with Crippen LogP contribution in [-0.2, 0) is 0 Å². The molecule has 0 radical (unpaired) electrons. The van der Waals surface area contributed by atoms with Crippen molar-refractivity contribution in [2.24, 2.45) is 0 Å². The van der Waals surface area contributed by atoms with E-state index in [1.54, 1.807) is 13.3 Å². The van der Waals surface area contributed by atoms with Crippen molar-refractivity contribution < 1.29 is 4.74 Å². The van der Waals surface area contributed by atoms with Gasteiger partial charge >= 0.3 is 0 Å². The third-order valence-electron chi connectivity index (χ3n) is 2.51. The molecule has 1 aromatic carbocycles. The third-order valence-corrected chi connectivity index (χ3v) is 2.51. The molecule has 16 heavy (non-hydrogen) atoms. The maximum Gasteiger partial charge on any atom is 0.145 e. The van der Waals surface area contributed by atoms with Crippen molar-refractivity contribution in [2.45, 2.75) is 6.92 Å². The molecule has 2 N–H and O–H groups in total. The molecule has 1 heterocycles. The van der Waals surface area contributed by atoms with Gasteiger partial charge in [0.2, 0.25) is 0 Å². The fourth-order valence-electron chi connectivity index (χ4n) is 1.65. The number of pyridine rings is 1. The molecule has 0 saturated heterocycles. The smallest absolute Gasteiger partial charge is 0.145 e. The number of aryl methyl sites for hydroxylation is 1. The monoisotopic (exact) mass is 214 g/mol. The van der Waals surface area contributed by atoms with Gasteiger partial charge in [-0.15, -0.1) is 0 Å². The molecule has 2 aromatic rings. The minimum absolute atomic E-state index is 0.730. The maximum atomic E-state index is 5.79. The van der Waals surface area contributed by atoms with Crippen molar-refractivity contribution in [3.8, 4) is 17.0 Å². The number of rotatable bonds is 2. The number of hydrogen-bond acceptors (Lipinski definition) is 3. The van der Waals surface area contributed by atoms with E-state index in [1.165, 1.54) is 0 Å². The molecular formula is C13H14N2O. The standard InChI is InChI=1S/C13H14N2O/c1-9-5-6-10(14)8-11(9)13-12(16-2)4-3-7-15-13/h3-8H,14H2,1-2H3. The first-order valence-corrected chi connectivity index (χ1v) is 5.08. The third kappa shape index (κ3) is 1.84. The molecule has 0 aliphatic heterocycles. The zero-order chi connectivity index (χ0) is 11.5. The molecule has 82 valence electrons. The van der Waals surface area contributed by atoms with Gasteiger partial charge in [-0.2, -0.15) is 0 Å². The summed E-state index contributed by atoms with van der Waals surface area (Å²) in [6.45, 7) is 2.03. The van der Waals surface area contributed by atoms with Gasteiger partial charge in [0.15, 0.2) is 0 Å². The fraction of sp³-hybridized carbons (Fsp3) is 0.154. The Labute approximate surface area is 94.9 Å². The molecule has 0 spiro atoms. The first-order chi connectivity index (χ1) is 7.72. The van der Waals surface area contributed by atoms with E-state index in [0.29, 0.717) is 0 Å². The van der Waals surface area contributed by atoms with Gasteiger partial charge in [-0.1, -0.05) is 6.07 Å². The molecule has 0 bridgehead atoms. The topological polar surface area (TPSA) is 48.1 Å². The summed E-state index contributed by atoms with van der Waals surface area (Å²) in [5.74, 6) is 0.760. The normalized spacial score (nSPS) is 10.1. The van der Waals surface area contributed by atoms with E-state index in [4.69, 9.17) is 10.5 Å². The average molecular weight is 214 g/mol. The minimum atomic E-state index is 0.730. The molecule has 0 saturated carbocycles. The number of nitrogens with zero attached hydrogens (tertiary/aromatic N) is 1. The second kappa shape index (κ2) is 4.23. The summed E-state index contributed by atoms with van der Waals surface area (Å²) in [5, 5.41) is 0. The van der Waals surface area contributed by atoms with Crippen LogP contribution >= 0.6 is 0 Å². The number of benzene rings is 1. The highest BCUT2D eigenvalue weighted by Gasteiger charge is 2.09. The summed E-state index contributed by atoms with van der Waals surface area (Å²) in [6.07, 6.45) is 1.75. The lowest BCUT2D eigenvalue weighted by molar-refractivity contribution is 0.415. The van der Waals surface area contributed by atoms with Crippen molar-refractivity contribution in [3.63, 3.8) is 0 Å². The van der Waals surface area contributed by atoms with E-state index < -0.39 is 0 Å². The molecule has 3 heteroatoms. The van der Waals surface area contributed by atoms with Gasteiger partial charge in [0.05, 0.1) is 7.11 Å². The van der Waals surface area contributed by atoms with Gasteiger partial charge in [-0.25, -0.2) is 0 Å². The SMILES string of the molecule is COc1cccnc1-c1cc(N)ccc1C. The zero-order valence-electron chi connectivity index (χ0n) is 9.40. The highest BCUT2D eigenvalue weighted by atomic mass is 16.5. The first kappa shape index (κ1) is 10.5. The van der Waals surface area contributed by atoms with Gasteiger partial charge in [-0.3, -0.25) is 4.98 Å². The molecule has 0 aliphatic carbocycles. The van der Waals surface area contributed by atoms with Crippen molar-refractivity contribution >= 4 is 5.69 Å². The van der Waals surface area contributed by atoms with Crippen LogP contribution in [0.2, 0.25) is 0 Å². The van der Waals surface area contributed by atoms with Crippen LogP contribution in [0.15, 0.2) is 36.5 Å². The second-order valence-electron chi connectivity index (χ2n) is 3.63. The summed E-state index contributed by atoms with van der Waals surface area (Å²) < 4.78 is 5.29. The number of methoxy groups -OCH3 is 1. The van der Waals surface area contributed by atoms with Crippen molar-refractivity contribution in [2.75, 3.05) is 12.8 Å². The Morgan fingerprint density at radius 2 is 2.06 bits per heavy atom. The number of nitrogen functional groups attached to an aromatic ring is 1. The summed E-state index contributed by atoms with van der Waals surface area (Å²) in [4.78, 5) is 4.34. The first-order valence-electron chi connectivity index (χ1n) is 5.08. The lowest BCUT2D eigenvalue weighted by atomic mass is 10.0. The van der Waals surface area contributed by atoms with Gasteiger partial charge < -0.3 is 10.5 Å². The molecule has 1 aromatic heterocycles. The van der Waals surface area contributed by atoms with E-state index in [0.717, 1.165) is 28.3 Å². The predicted octanol–water partition coefficient (Wildman–Crippen LogP) is 2.65. The van der Waals surface area contributed by atoms with Crippen LogP contribution in [-0.4, -0.2) is 12.1 Å². The number of nitrogens with two attached hydrogens (primary N) is 1. The van der Waals surface area contributed by atoms with Crippen molar-refractivity contribution in [3.05, 3.63) is 42.1 Å². The summed E-state index contributed by atoms with van der Waals surface area (Å²) in [5.41, 5.74) is 9.49. The molecule has 0 aliphatic rings. The van der Waals surface area contributed by atoms with E-state index in [1.807, 2.05) is 37.3 Å². The second-order valence-corrected chi connectivity index (χ2v) is 3.63. The fourth-order valence-corrected chi connectivity index (χ4v) is 1.65. The lowest BCUT2D eigenvalue weighted by Crippen LogP contribution is -1.94. The Morgan fingerprint density at radius 1 is 1.25 bits per heavy atom. The van der Waals surface area contributed by atoms with Crippen LogP contribution in [0.1, 0.15) is 5.56 Å². The highest BCUT2D eigenvalue weighted by Crippen LogP contribution is 2.30. The number of ether oxygens (including phenoxy) is 1. The van der Waals surface area contributed by atoms with Gasteiger partial charge in [0.1, 0.15) is 11.4 Å². The summed E-state index contributed by atoms with van der Waals surface area (Å²) >= 11 is 0. The minimum Gasteiger partial charge on any atom is -0.494 e. The van der Waals surface area contributed by atoms with Crippen LogP contribution in [0.25, 0.3) is 11.3 Å². The lowest BCUT2D eigenvalue weighted by Gasteiger charge is -2.10. The van der Waals surface area contributed by atoms with E-state index in [2.05, 4.69) is 4.98 Å². The van der Waals surface area contributed by atoms with Crippen molar-refractivity contribution in [1.82, 2.24) is 4.98 Å². The van der Waals surface area contributed by atoms with E-state index >= 15 is 0 Å². The average Bonchev–Trinajstić information content (AvgIpc) is 2.32. The van der Waals surface area contributed by atoms with E-state index in [-0.39, 0.29) is 0 Å². The predicted molar refractivity (Wildman–Crippen MR) is 65.4 cm³/mol. The molecule has 0 fully saturated rings. The molecule has 3 nitrogen and oxygen atoms in total. The van der Waals surface area contributed by atoms with Gasteiger partial charge in [-0.05, 0) is 36.8 Å². The highest BCUT2D eigenvalue weighted by molar-refractivity contribution is 5.72. The van der Waals surface area contributed by atoms with Crippen LogP contribution < -0.4 is 10.5 Å². The number of hydrogen-bond donors (Lipinski definition) is 1. The van der Waals surface area contributed by atoms with Gasteiger partial charge in [0.25, 0.3) is 0 Å². The Morgan fingerprint density at radius 3 is 2.81 bits per heavy atom. The maximum absolute atomic E-state index is 5.79. The Balaban J connectivity index is 2.62. The number of aromatic nitrogens is 1. The number of anilines is 1.